The fourth-order valence-electron chi connectivity index (χ4n) is 3.75. The van der Waals surface area contributed by atoms with Crippen LogP contribution in [0, 0.1) is 0 Å². The average molecular weight is 525 g/mol. The van der Waals surface area contributed by atoms with Gasteiger partial charge in [-0.15, -0.1) is 0 Å². The van der Waals surface area contributed by atoms with Crippen molar-refractivity contribution in [2.24, 2.45) is 0 Å². The third-order valence-corrected chi connectivity index (χ3v) is 5.29. The molecule has 1 aromatic carbocycles. The summed E-state index contributed by atoms with van der Waals surface area (Å²) in [6.07, 6.45) is -1.85. The Morgan fingerprint density at radius 1 is 0.730 bits per heavy atom. The smallest absolute Gasteiger partial charge is 0.303 e. The summed E-state index contributed by atoms with van der Waals surface area (Å²) >= 11 is 0. The van der Waals surface area contributed by atoms with Crippen LogP contribution in [-0.2, 0) is 42.9 Å². The van der Waals surface area contributed by atoms with Crippen molar-refractivity contribution in [3.05, 3.63) is 24.3 Å². The zero-order chi connectivity index (χ0) is 27.4. The molecule has 0 aliphatic carbocycles. The summed E-state index contributed by atoms with van der Waals surface area (Å²) in [5.74, 6) is -1.72. The van der Waals surface area contributed by atoms with Gasteiger partial charge in [-0.1, -0.05) is 26.2 Å². The molecule has 1 saturated heterocycles. The number of hydrogen-bond donors (Lipinski definition) is 0. The number of esters is 4. The Labute approximate surface area is 216 Å². The second-order valence-electron chi connectivity index (χ2n) is 8.57. The fourth-order valence-corrected chi connectivity index (χ4v) is 3.75. The van der Waals surface area contributed by atoms with Crippen LogP contribution >= 0.6 is 0 Å². The lowest BCUT2D eigenvalue weighted by Crippen LogP contribution is -2.63. The Balaban J connectivity index is 2.26. The molecule has 1 aliphatic heterocycles. The molecule has 11 nitrogen and oxygen atoms in total. The van der Waals surface area contributed by atoms with Gasteiger partial charge in [0.2, 0.25) is 12.4 Å². The van der Waals surface area contributed by atoms with Gasteiger partial charge in [-0.05, 0) is 30.7 Å². The van der Waals surface area contributed by atoms with Crippen LogP contribution in [-0.4, -0.2) is 67.8 Å². The van der Waals surface area contributed by atoms with Crippen molar-refractivity contribution in [3.8, 4) is 11.5 Å². The number of carbonyl (C=O) groups excluding carboxylic acids is 4. The number of carbonyl (C=O) groups is 4. The molecule has 1 aromatic rings. The molecule has 1 heterocycles. The Morgan fingerprint density at radius 3 is 1.86 bits per heavy atom. The summed E-state index contributed by atoms with van der Waals surface area (Å²) in [5, 5.41) is 0. The van der Waals surface area contributed by atoms with Crippen LogP contribution in [0.2, 0.25) is 0 Å². The van der Waals surface area contributed by atoms with E-state index < -0.39 is 54.6 Å². The zero-order valence-electron chi connectivity index (χ0n) is 21.9. The second kappa shape index (κ2) is 15.0. The summed E-state index contributed by atoms with van der Waals surface area (Å²) < 4.78 is 38.8. The Bertz CT molecular complexity index is 898. The Morgan fingerprint density at radius 2 is 1.30 bits per heavy atom. The maximum absolute atomic E-state index is 11.9. The highest BCUT2D eigenvalue weighted by Crippen LogP contribution is 2.31. The molecule has 0 saturated carbocycles. The van der Waals surface area contributed by atoms with Crippen molar-refractivity contribution >= 4 is 23.9 Å². The number of hydrogen-bond acceptors (Lipinski definition) is 11. The van der Waals surface area contributed by atoms with Gasteiger partial charge in [-0.2, -0.15) is 0 Å². The van der Waals surface area contributed by atoms with Crippen molar-refractivity contribution in [1.29, 1.82) is 0 Å². The molecule has 0 bridgehead atoms. The molecule has 5 atom stereocenters. The first kappa shape index (κ1) is 29.9. The summed E-state index contributed by atoms with van der Waals surface area (Å²) in [7, 11) is 0. The van der Waals surface area contributed by atoms with Crippen molar-refractivity contribution < 1.29 is 52.3 Å². The van der Waals surface area contributed by atoms with Crippen LogP contribution in [0.3, 0.4) is 0 Å². The molecule has 11 heteroatoms. The molecule has 1 aliphatic rings. The number of rotatable bonds is 13. The van der Waals surface area contributed by atoms with Gasteiger partial charge in [-0.3, -0.25) is 19.2 Å². The summed E-state index contributed by atoms with van der Waals surface area (Å²) in [6.45, 7) is 7.10. The Kier molecular flexibility index (Phi) is 12.1. The topological polar surface area (TPSA) is 133 Å². The van der Waals surface area contributed by atoms with Crippen LogP contribution in [0.15, 0.2) is 24.3 Å². The highest BCUT2D eigenvalue weighted by Gasteiger charge is 2.53. The van der Waals surface area contributed by atoms with Crippen LogP contribution in [0.5, 0.6) is 11.5 Å². The van der Waals surface area contributed by atoms with E-state index in [9.17, 15) is 19.2 Å². The van der Waals surface area contributed by atoms with E-state index in [0.717, 1.165) is 39.5 Å². The Hall–Kier alpha value is -3.34. The maximum Gasteiger partial charge on any atom is 0.303 e. The van der Waals surface area contributed by atoms with E-state index in [1.165, 1.54) is 13.8 Å². The van der Waals surface area contributed by atoms with Gasteiger partial charge in [-0.25, -0.2) is 0 Å². The first-order valence-electron chi connectivity index (χ1n) is 12.3. The van der Waals surface area contributed by atoms with Crippen molar-refractivity contribution in [1.82, 2.24) is 0 Å². The van der Waals surface area contributed by atoms with Crippen molar-refractivity contribution in [2.45, 2.75) is 91.0 Å². The van der Waals surface area contributed by atoms with Crippen LogP contribution in [0.25, 0.3) is 0 Å². The highest BCUT2D eigenvalue weighted by atomic mass is 16.7. The molecule has 0 spiro atoms. The van der Waals surface area contributed by atoms with Gasteiger partial charge in [0.05, 0.1) is 6.61 Å². The summed E-state index contributed by atoms with van der Waals surface area (Å²) in [6, 6.07) is 6.74. The normalized spacial score (nSPS) is 22.9. The monoisotopic (exact) mass is 524 g/mol. The van der Waals surface area contributed by atoms with Gasteiger partial charge in [0.1, 0.15) is 24.2 Å². The van der Waals surface area contributed by atoms with E-state index in [-0.39, 0.29) is 6.61 Å². The summed E-state index contributed by atoms with van der Waals surface area (Å²) in [5.41, 5.74) is 0. The van der Waals surface area contributed by atoms with Crippen LogP contribution in [0.4, 0.5) is 0 Å². The van der Waals surface area contributed by atoms with E-state index in [1.807, 2.05) is 0 Å². The van der Waals surface area contributed by atoms with Gasteiger partial charge in [0.25, 0.3) is 0 Å². The standard InChI is InChI=1S/C26H36O11/c1-6-7-8-9-14-31-20-10-12-21(13-11-20)36-26-25(35-19(5)30)24(34-18(4)29)23(33-17(3)28)22(37-26)15-32-16(2)27/h10-13,22-26H,6-9,14-15H2,1-5H3/t22-,23+,24-,25-,26+/m0/s1. The van der Waals surface area contributed by atoms with Crippen LogP contribution < -0.4 is 9.47 Å². The predicted octanol–water partition coefficient (Wildman–Crippen LogP) is 3.11. The maximum atomic E-state index is 11.9. The van der Waals surface area contributed by atoms with E-state index in [4.69, 9.17) is 33.2 Å². The molecule has 0 radical (unpaired) electrons. The SMILES string of the molecule is CCCCCCOc1ccc(O[C@@H]2O[C@@H](COC(C)=O)[C@@H](OC(C)=O)[C@H](OC(C)=O)[C@@H]2OC(C)=O)cc1. The largest absolute Gasteiger partial charge is 0.494 e. The minimum atomic E-state index is -1.30. The predicted molar refractivity (Wildman–Crippen MR) is 129 cm³/mol. The third-order valence-electron chi connectivity index (χ3n) is 5.29. The molecule has 0 N–H and O–H groups in total. The molecular formula is C26H36O11. The zero-order valence-corrected chi connectivity index (χ0v) is 21.9. The van der Waals surface area contributed by atoms with E-state index in [2.05, 4.69) is 6.92 Å². The van der Waals surface area contributed by atoms with Crippen LogP contribution in [0.1, 0.15) is 60.3 Å². The third kappa shape index (κ3) is 10.3. The van der Waals surface area contributed by atoms with E-state index >= 15 is 0 Å². The second-order valence-corrected chi connectivity index (χ2v) is 8.57. The first-order chi connectivity index (χ1) is 17.6. The molecular weight excluding hydrogens is 488 g/mol. The lowest BCUT2D eigenvalue weighted by molar-refractivity contribution is -0.288. The number of ether oxygens (including phenoxy) is 7. The van der Waals surface area contributed by atoms with Crippen molar-refractivity contribution in [2.75, 3.05) is 13.2 Å². The molecule has 1 fully saturated rings. The number of unbranched alkanes of at least 4 members (excludes halogenated alkanes) is 3. The molecule has 0 aromatic heterocycles. The van der Waals surface area contributed by atoms with E-state index in [0.29, 0.717) is 18.1 Å². The quantitative estimate of drug-likeness (QED) is 0.214. The lowest BCUT2D eigenvalue weighted by Gasteiger charge is -2.43. The summed E-state index contributed by atoms with van der Waals surface area (Å²) in [4.78, 5) is 47.1. The van der Waals surface area contributed by atoms with Gasteiger partial charge < -0.3 is 33.2 Å². The minimum absolute atomic E-state index is 0.331. The fraction of sp³-hybridized carbons (Fsp3) is 0.615. The number of benzene rings is 1. The molecule has 0 unspecified atom stereocenters. The van der Waals surface area contributed by atoms with Crippen molar-refractivity contribution in [3.63, 3.8) is 0 Å². The molecule has 206 valence electrons. The molecule has 2 rings (SSSR count). The lowest BCUT2D eigenvalue weighted by atomic mass is 9.98. The van der Waals surface area contributed by atoms with Gasteiger partial charge in [0, 0.05) is 27.7 Å². The molecule has 37 heavy (non-hydrogen) atoms. The average Bonchev–Trinajstić information content (AvgIpc) is 2.81. The van der Waals surface area contributed by atoms with Gasteiger partial charge in [0.15, 0.2) is 12.2 Å². The van der Waals surface area contributed by atoms with Gasteiger partial charge >= 0.3 is 23.9 Å². The molecule has 0 amide bonds. The minimum Gasteiger partial charge on any atom is -0.494 e. The highest BCUT2D eigenvalue weighted by molar-refractivity contribution is 5.68. The van der Waals surface area contributed by atoms with E-state index in [1.54, 1.807) is 24.3 Å². The first-order valence-corrected chi connectivity index (χ1v) is 12.3.